The van der Waals surface area contributed by atoms with Crippen LogP contribution in [0.25, 0.3) is 6.08 Å². The summed E-state index contributed by atoms with van der Waals surface area (Å²) in [7, 11) is 0. The molecule has 24 heavy (non-hydrogen) atoms. The smallest absolute Gasteiger partial charge is 0.411 e. The fourth-order valence-corrected chi connectivity index (χ4v) is 1.93. The van der Waals surface area contributed by atoms with Crippen LogP contribution in [0.4, 0.5) is 4.79 Å². The molecule has 126 valence electrons. The van der Waals surface area contributed by atoms with Crippen molar-refractivity contribution in [3.8, 4) is 5.75 Å². The van der Waals surface area contributed by atoms with Gasteiger partial charge in [0, 0.05) is 6.20 Å². The maximum atomic E-state index is 11.5. The highest BCUT2D eigenvalue weighted by Crippen LogP contribution is 2.15. The lowest BCUT2D eigenvalue weighted by molar-refractivity contribution is 0.0553. The lowest BCUT2D eigenvalue weighted by Crippen LogP contribution is -2.29. The van der Waals surface area contributed by atoms with Crippen molar-refractivity contribution in [3.05, 3.63) is 71.9 Å². The van der Waals surface area contributed by atoms with Crippen LogP contribution in [-0.2, 0) is 11.3 Å². The van der Waals surface area contributed by atoms with Crippen LogP contribution in [0.1, 0.15) is 31.9 Å². The van der Waals surface area contributed by atoms with Crippen molar-refractivity contribution >= 4 is 12.2 Å². The van der Waals surface area contributed by atoms with Crippen LogP contribution in [-0.4, -0.2) is 11.7 Å². The summed E-state index contributed by atoms with van der Waals surface area (Å²) < 4.78 is 10.9. The Morgan fingerprint density at radius 3 is 2.33 bits per heavy atom. The molecule has 0 heterocycles. The molecule has 1 N–H and O–H groups in total. The number of nitrogens with one attached hydrogen (secondary N) is 1. The van der Waals surface area contributed by atoms with Gasteiger partial charge in [0.15, 0.2) is 0 Å². The van der Waals surface area contributed by atoms with Crippen LogP contribution < -0.4 is 10.1 Å². The quantitative estimate of drug-likeness (QED) is 0.862. The maximum absolute atomic E-state index is 11.5. The lowest BCUT2D eigenvalue weighted by atomic mass is 10.2. The van der Waals surface area contributed by atoms with Crippen molar-refractivity contribution in [2.45, 2.75) is 33.0 Å². The summed E-state index contributed by atoms with van der Waals surface area (Å²) in [6.07, 6.45) is 2.89. The number of hydrogen-bond acceptors (Lipinski definition) is 3. The number of carbonyl (C=O) groups excluding carboxylic acids is 1. The Kier molecular flexibility index (Phi) is 6.01. The Hall–Kier alpha value is -2.75. The maximum Gasteiger partial charge on any atom is 0.411 e. The third-order valence-electron chi connectivity index (χ3n) is 3.00. The zero-order valence-electron chi connectivity index (χ0n) is 14.3. The Balaban J connectivity index is 1.81. The predicted octanol–water partition coefficient (Wildman–Crippen LogP) is 4.76. The standard InChI is InChI=1S/C20H23NO3/c1-20(2,3)24-19(22)21-14-13-16-9-11-18(12-10-16)23-15-17-7-5-4-6-8-17/h4-14H,15H2,1-3H3,(H,21,22)/b14-13+. The molecular formula is C20H23NO3. The largest absolute Gasteiger partial charge is 0.489 e. The zero-order chi connectivity index (χ0) is 17.4. The molecule has 0 aliphatic rings. The van der Waals surface area contributed by atoms with Crippen LogP contribution >= 0.6 is 0 Å². The van der Waals surface area contributed by atoms with E-state index in [0.717, 1.165) is 16.9 Å². The van der Waals surface area contributed by atoms with Gasteiger partial charge in [0.25, 0.3) is 0 Å². The minimum absolute atomic E-state index is 0.471. The number of rotatable bonds is 5. The van der Waals surface area contributed by atoms with E-state index in [2.05, 4.69) is 5.32 Å². The van der Waals surface area contributed by atoms with Crippen LogP contribution in [0.5, 0.6) is 5.75 Å². The second-order valence-electron chi connectivity index (χ2n) is 6.32. The third-order valence-corrected chi connectivity index (χ3v) is 3.00. The molecule has 0 aliphatic carbocycles. The second kappa shape index (κ2) is 8.20. The number of ether oxygens (including phenoxy) is 2. The van der Waals surface area contributed by atoms with E-state index in [1.54, 1.807) is 12.3 Å². The number of hydrogen-bond donors (Lipinski definition) is 1. The summed E-state index contributed by atoms with van der Waals surface area (Å²) in [5.41, 5.74) is 1.58. The van der Waals surface area contributed by atoms with Crippen molar-refractivity contribution in [2.24, 2.45) is 0 Å². The molecule has 0 saturated carbocycles. The van der Waals surface area contributed by atoms with Crippen molar-refractivity contribution < 1.29 is 14.3 Å². The summed E-state index contributed by atoms with van der Waals surface area (Å²) in [6, 6.07) is 17.7. The van der Waals surface area contributed by atoms with Gasteiger partial charge in [-0.05, 0) is 50.1 Å². The molecule has 0 bridgehead atoms. The molecule has 0 aliphatic heterocycles. The zero-order valence-corrected chi connectivity index (χ0v) is 14.3. The van der Waals surface area contributed by atoms with Crippen molar-refractivity contribution in [3.63, 3.8) is 0 Å². The summed E-state index contributed by atoms with van der Waals surface area (Å²) >= 11 is 0. The van der Waals surface area contributed by atoms with E-state index >= 15 is 0 Å². The number of alkyl carbamates (subject to hydrolysis) is 1. The van der Waals surface area contributed by atoms with E-state index in [0.29, 0.717) is 6.61 Å². The highest BCUT2D eigenvalue weighted by molar-refractivity contribution is 5.70. The van der Waals surface area contributed by atoms with E-state index in [1.165, 1.54) is 0 Å². The van der Waals surface area contributed by atoms with E-state index in [1.807, 2.05) is 75.4 Å². The monoisotopic (exact) mass is 325 g/mol. The minimum Gasteiger partial charge on any atom is -0.489 e. The van der Waals surface area contributed by atoms with Gasteiger partial charge in [-0.3, -0.25) is 5.32 Å². The van der Waals surface area contributed by atoms with Gasteiger partial charge < -0.3 is 9.47 Å². The second-order valence-corrected chi connectivity index (χ2v) is 6.32. The predicted molar refractivity (Wildman–Crippen MR) is 95.6 cm³/mol. The third kappa shape index (κ3) is 6.57. The van der Waals surface area contributed by atoms with Crippen LogP contribution in [0, 0.1) is 0 Å². The highest BCUT2D eigenvalue weighted by atomic mass is 16.6. The summed E-state index contributed by atoms with van der Waals surface area (Å²) in [4.78, 5) is 11.5. The minimum atomic E-state index is -0.504. The summed E-state index contributed by atoms with van der Waals surface area (Å²) in [5.74, 6) is 0.802. The first kappa shape index (κ1) is 17.6. The molecule has 0 saturated heterocycles. The highest BCUT2D eigenvalue weighted by Gasteiger charge is 2.14. The van der Waals surface area contributed by atoms with Crippen molar-refractivity contribution in [1.82, 2.24) is 5.32 Å². The summed E-state index contributed by atoms with van der Waals surface area (Å²) in [5, 5.41) is 2.58. The Morgan fingerprint density at radius 2 is 1.71 bits per heavy atom. The van der Waals surface area contributed by atoms with E-state index in [-0.39, 0.29) is 0 Å². The van der Waals surface area contributed by atoms with Crippen molar-refractivity contribution in [2.75, 3.05) is 0 Å². The molecule has 0 atom stereocenters. The first-order valence-corrected chi connectivity index (χ1v) is 7.85. The van der Waals surface area contributed by atoms with Gasteiger partial charge in [-0.25, -0.2) is 4.79 Å². The average molecular weight is 325 g/mol. The van der Waals surface area contributed by atoms with Crippen LogP contribution in [0.15, 0.2) is 60.8 Å². The molecule has 0 spiro atoms. The molecule has 4 heteroatoms. The van der Waals surface area contributed by atoms with E-state index < -0.39 is 11.7 Å². The molecule has 0 aromatic heterocycles. The number of amides is 1. The SMILES string of the molecule is CC(C)(C)OC(=O)N/C=C/c1ccc(OCc2ccccc2)cc1. The van der Waals surface area contributed by atoms with Gasteiger partial charge in [-0.15, -0.1) is 0 Å². The number of carbonyl (C=O) groups is 1. The van der Waals surface area contributed by atoms with E-state index in [4.69, 9.17) is 9.47 Å². The Bertz CT molecular complexity index is 670. The van der Waals surface area contributed by atoms with Crippen LogP contribution in [0.2, 0.25) is 0 Å². The molecule has 4 nitrogen and oxygen atoms in total. The van der Waals surface area contributed by atoms with Gasteiger partial charge in [0.1, 0.15) is 18.0 Å². The number of benzene rings is 2. The Labute approximate surface area is 143 Å². The van der Waals surface area contributed by atoms with Gasteiger partial charge >= 0.3 is 6.09 Å². The molecule has 0 fully saturated rings. The summed E-state index contributed by atoms with van der Waals surface area (Å²) in [6.45, 7) is 6.01. The van der Waals surface area contributed by atoms with Crippen LogP contribution in [0.3, 0.4) is 0 Å². The molecular weight excluding hydrogens is 302 g/mol. The van der Waals surface area contributed by atoms with Gasteiger partial charge in [-0.2, -0.15) is 0 Å². The molecule has 2 aromatic carbocycles. The molecule has 2 aromatic rings. The first-order chi connectivity index (χ1) is 11.4. The molecule has 0 unspecified atom stereocenters. The van der Waals surface area contributed by atoms with Gasteiger partial charge in [0.2, 0.25) is 0 Å². The lowest BCUT2D eigenvalue weighted by Gasteiger charge is -2.18. The molecule has 1 amide bonds. The van der Waals surface area contributed by atoms with Crippen molar-refractivity contribution in [1.29, 1.82) is 0 Å². The fourth-order valence-electron chi connectivity index (χ4n) is 1.93. The first-order valence-electron chi connectivity index (χ1n) is 7.85. The topological polar surface area (TPSA) is 47.6 Å². The van der Waals surface area contributed by atoms with E-state index in [9.17, 15) is 4.79 Å². The Morgan fingerprint density at radius 1 is 1.04 bits per heavy atom. The molecule has 2 rings (SSSR count). The van der Waals surface area contributed by atoms with Gasteiger partial charge in [0.05, 0.1) is 0 Å². The molecule has 0 radical (unpaired) electrons. The normalized spacial score (nSPS) is 11.3. The average Bonchev–Trinajstić information content (AvgIpc) is 2.53. The van der Waals surface area contributed by atoms with Gasteiger partial charge in [-0.1, -0.05) is 42.5 Å². The fraction of sp³-hybridized carbons (Fsp3) is 0.250.